The fourth-order valence-corrected chi connectivity index (χ4v) is 4.13. The van der Waals surface area contributed by atoms with E-state index in [1.165, 1.54) is 0 Å². The van der Waals surface area contributed by atoms with E-state index in [0.29, 0.717) is 44.5 Å². The van der Waals surface area contributed by atoms with Crippen LogP contribution in [-0.4, -0.2) is 47.8 Å². The Balaban J connectivity index is 0.000000116. The normalized spacial score (nSPS) is 14.5. The minimum Gasteiger partial charge on any atom is -0.386 e. The summed E-state index contributed by atoms with van der Waals surface area (Å²) in [6.45, 7) is 0. The Kier molecular flexibility index (Phi) is 7.98. The molecule has 4 aromatic carbocycles. The average molecular weight is 592 g/mol. The topological polar surface area (TPSA) is 173 Å². The third-order valence-electron chi connectivity index (χ3n) is 6.21. The zero-order valence-corrected chi connectivity index (χ0v) is 22.1. The van der Waals surface area contributed by atoms with E-state index in [1.807, 2.05) is 0 Å². The van der Waals surface area contributed by atoms with Crippen molar-refractivity contribution in [1.82, 2.24) is 0 Å². The van der Waals surface area contributed by atoms with Gasteiger partial charge in [0.05, 0.1) is 44.5 Å². The first-order valence-electron chi connectivity index (χ1n) is 12.6. The zero-order chi connectivity index (χ0) is 31.4. The Hall–Kier alpha value is -6.56. The molecule has 0 aliphatic carbocycles. The van der Waals surface area contributed by atoms with Crippen LogP contribution >= 0.6 is 0 Å². The summed E-state index contributed by atoms with van der Waals surface area (Å²) in [5.74, 6) is -4.40. The summed E-state index contributed by atoms with van der Waals surface area (Å²) in [6, 6.07) is 26.1. The number of esters is 8. The van der Waals surface area contributed by atoms with Gasteiger partial charge < -0.3 is 18.9 Å². The summed E-state index contributed by atoms with van der Waals surface area (Å²) in [5.41, 5.74) is 2.87. The standard InChI is InChI=1S/4C8H4O3/c4*9-7-5-3-1-2-4-6(5)8(10)11-7/h4*1-4H. The summed E-state index contributed by atoms with van der Waals surface area (Å²) in [7, 11) is 0. The van der Waals surface area contributed by atoms with E-state index in [-0.39, 0.29) is 0 Å². The van der Waals surface area contributed by atoms with Gasteiger partial charge in [-0.05, 0) is 48.5 Å². The highest BCUT2D eigenvalue weighted by Crippen LogP contribution is 2.21. The van der Waals surface area contributed by atoms with Gasteiger partial charge in [0, 0.05) is 0 Å². The van der Waals surface area contributed by atoms with Gasteiger partial charge in [-0.25, -0.2) is 38.4 Å². The van der Waals surface area contributed by atoms with Gasteiger partial charge in [-0.3, -0.25) is 0 Å². The lowest BCUT2D eigenvalue weighted by Crippen LogP contribution is -1.96. The van der Waals surface area contributed by atoms with Crippen LogP contribution in [-0.2, 0) is 18.9 Å². The summed E-state index contributed by atoms with van der Waals surface area (Å²) in [4.78, 5) is 86.7. The van der Waals surface area contributed by atoms with Crippen molar-refractivity contribution >= 4 is 47.8 Å². The minimum absolute atomic E-state index is 0.359. The Bertz CT molecular complexity index is 1510. The molecule has 4 heterocycles. The molecule has 0 fully saturated rings. The average Bonchev–Trinajstić information content (AvgIpc) is 3.71. The predicted molar refractivity (Wildman–Crippen MR) is 145 cm³/mol. The lowest BCUT2D eigenvalue weighted by Gasteiger charge is -1.86. The van der Waals surface area contributed by atoms with Crippen molar-refractivity contribution < 1.29 is 57.3 Å². The third kappa shape index (κ3) is 5.76. The maximum absolute atomic E-state index is 10.8. The maximum Gasteiger partial charge on any atom is 0.346 e. The molecule has 0 radical (unpaired) electrons. The number of benzene rings is 4. The van der Waals surface area contributed by atoms with E-state index < -0.39 is 47.8 Å². The minimum atomic E-state index is -0.550. The van der Waals surface area contributed by atoms with E-state index in [4.69, 9.17) is 0 Å². The highest BCUT2D eigenvalue weighted by molar-refractivity contribution is 6.16. The second-order valence-electron chi connectivity index (χ2n) is 8.89. The van der Waals surface area contributed by atoms with Crippen molar-refractivity contribution in [2.45, 2.75) is 0 Å². The van der Waals surface area contributed by atoms with Gasteiger partial charge >= 0.3 is 47.8 Å². The highest BCUT2D eigenvalue weighted by Gasteiger charge is 2.30. The van der Waals surface area contributed by atoms with Crippen LogP contribution in [0.3, 0.4) is 0 Å². The molecule has 0 saturated heterocycles. The number of carbonyl (C=O) groups is 8. The van der Waals surface area contributed by atoms with E-state index in [2.05, 4.69) is 18.9 Å². The highest BCUT2D eigenvalue weighted by atomic mass is 16.6. The Morgan fingerprint density at radius 2 is 0.341 bits per heavy atom. The van der Waals surface area contributed by atoms with Crippen LogP contribution in [0.15, 0.2) is 97.1 Å². The van der Waals surface area contributed by atoms with Crippen LogP contribution < -0.4 is 0 Å². The van der Waals surface area contributed by atoms with E-state index in [0.717, 1.165) is 0 Å². The number of hydrogen-bond donors (Lipinski definition) is 0. The summed E-state index contributed by atoms with van der Waals surface area (Å²) in [6.07, 6.45) is 0. The lowest BCUT2D eigenvalue weighted by atomic mass is 10.1. The zero-order valence-electron chi connectivity index (χ0n) is 22.1. The molecule has 0 aromatic heterocycles. The second-order valence-corrected chi connectivity index (χ2v) is 8.89. The van der Waals surface area contributed by atoms with Crippen LogP contribution in [0.4, 0.5) is 0 Å². The van der Waals surface area contributed by atoms with Gasteiger partial charge in [0.25, 0.3) is 0 Å². The first kappa shape index (κ1) is 29.0. The molecule has 216 valence electrons. The first-order valence-corrected chi connectivity index (χ1v) is 12.6. The molecule has 0 spiro atoms. The fourth-order valence-electron chi connectivity index (χ4n) is 4.13. The van der Waals surface area contributed by atoms with Gasteiger partial charge in [-0.1, -0.05) is 48.5 Å². The van der Waals surface area contributed by atoms with Crippen LogP contribution in [0, 0.1) is 0 Å². The molecule has 0 unspecified atom stereocenters. The molecular weight excluding hydrogens is 576 g/mol. The first-order chi connectivity index (χ1) is 21.2. The molecule has 4 aromatic rings. The summed E-state index contributed by atoms with van der Waals surface area (Å²) in [5, 5.41) is 0. The molecular formula is C32H16O12. The molecule has 4 aliphatic rings. The Morgan fingerprint density at radius 3 is 0.455 bits per heavy atom. The smallest absolute Gasteiger partial charge is 0.346 e. The van der Waals surface area contributed by atoms with Crippen molar-refractivity contribution in [2.24, 2.45) is 0 Å². The van der Waals surface area contributed by atoms with Crippen LogP contribution in [0.5, 0.6) is 0 Å². The number of carbonyl (C=O) groups excluding carboxylic acids is 8. The summed E-state index contributed by atoms with van der Waals surface area (Å²) < 4.78 is 17.4. The molecule has 44 heavy (non-hydrogen) atoms. The van der Waals surface area contributed by atoms with E-state index >= 15 is 0 Å². The molecule has 0 bridgehead atoms. The Labute approximate surface area is 246 Å². The number of rotatable bonds is 0. The number of hydrogen-bond acceptors (Lipinski definition) is 12. The largest absolute Gasteiger partial charge is 0.386 e. The molecule has 4 aliphatic heterocycles. The molecule has 0 atom stereocenters. The predicted octanol–water partition coefficient (Wildman–Crippen LogP) is 3.99. The second kappa shape index (κ2) is 12.1. The van der Waals surface area contributed by atoms with Gasteiger partial charge in [-0.2, -0.15) is 0 Å². The molecule has 0 saturated carbocycles. The van der Waals surface area contributed by atoms with Gasteiger partial charge in [0.15, 0.2) is 0 Å². The van der Waals surface area contributed by atoms with Crippen molar-refractivity contribution in [3.63, 3.8) is 0 Å². The van der Waals surface area contributed by atoms with Crippen LogP contribution in [0.1, 0.15) is 82.9 Å². The quantitative estimate of drug-likeness (QED) is 0.163. The number of cyclic esters (lactones) is 8. The third-order valence-corrected chi connectivity index (χ3v) is 6.21. The molecule has 8 rings (SSSR count). The Morgan fingerprint density at radius 1 is 0.227 bits per heavy atom. The van der Waals surface area contributed by atoms with Gasteiger partial charge in [0.1, 0.15) is 0 Å². The number of ether oxygens (including phenoxy) is 4. The van der Waals surface area contributed by atoms with E-state index in [1.54, 1.807) is 97.1 Å². The van der Waals surface area contributed by atoms with Crippen molar-refractivity contribution in [2.75, 3.05) is 0 Å². The lowest BCUT2D eigenvalue weighted by molar-refractivity contribution is 0.0425. The molecule has 0 amide bonds. The molecule has 12 nitrogen and oxygen atoms in total. The van der Waals surface area contributed by atoms with Crippen molar-refractivity contribution in [3.8, 4) is 0 Å². The molecule has 12 heteroatoms. The van der Waals surface area contributed by atoms with Gasteiger partial charge in [-0.15, -0.1) is 0 Å². The SMILES string of the molecule is O=C1OC(=O)c2ccccc21.O=C1OC(=O)c2ccccc21.O=C1OC(=O)c2ccccc21.O=C1OC(=O)c2ccccc21. The van der Waals surface area contributed by atoms with Crippen molar-refractivity contribution in [1.29, 1.82) is 0 Å². The van der Waals surface area contributed by atoms with Gasteiger partial charge in [0.2, 0.25) is 0 Å². The monoisotopic (exact) mass is 592 g/mol. The van der Waals surface area contributed by atoms with Crippen molar-refractivity contribution in [3.05, 3.63) is 142 Å². The fraction of sp³-hybridized carbons (Fsp3) is 0. The van der Waals surface area contributed by atoms with E-state index in [9.17, 15) is 38.4 Å². The molecule has 0 N–H and O–H groups in total. The summed E-state index contributed by atoms with van der Waals surface area (Å²) >= 11 is 0. The van der Waals surface area contributed by atoms with Crippen LogP contribution in [0.2, 0.25) is 0 Å². The number of fused-ring (bicyclic) bond motifs is 4. The van der Waals surface area contributed by atoms with Crippen LogP contribution in [0.25, 0.3) is 0 Å². The maximum atomic E-state index is 10.8.